The molecule has 21 heavy (non-hydrogen) atoms. The van der Waals surface area contributed by atoms with Crippen molar-refractivity contribution in [3.05, 3.63) is 28.8 Å². The summed E-state index contributed by atoms with van der Waals surface area (Å²) < 4.78 is 5.53. The molecule has 1 aromatic carbocycles. The van der Waals surface area contributed by atoms with Crippen molar-refractivity contribution in [3.8, 4) is 5.75 Å². The summed E-state index contributed by atoms with van der Waals surface area (Å²) in [5.74, 6) is -0.332. The molecule has 0 fully saturated rings. The molecule has 114 valence electrons. The van der Waals surface area contributed by atoms with E-state index < -0.39 is 5.97 Å². The maximum Gasteiger partial charge on any atom is 0.317 e. The Bertz CT molecular complexity index is 550. The number of hydrogen-bond donors (Lipinski definition) is 2. The number of nitrogens with one attached hydrogen (secondary N) is 1. The molecule has 0 saturated carbocycles. The minimum atomic E-state index is -0.933. The Morgan fingerprint density at radius 1 is 1.52 bits per heavy atom. The molecular weight excluding hydrogens is 296 g/mol. The zero-order valence-corrected chi connectivity index (χ0v) is 12.4. The van der Waals surface area contributed by atoms with Crippen LogP contribution in [0.15, 0.2) is 18.2 Å². The molecule has 1 aliphatic heterocycles. The first-order valence-corrected chi connectivity index (χ1v) is 7.01. The molecular formula is C14H17ClN2O4. The molecule has 1 aliphatic rings. The van der Waals surface area contributed by atoms with Crippen LogP contribution in [0.5, 0.6) is 5.75 Å². The number of carboxylic acid groups (broad SMARTS) is 1. The highest BCUT2D eigenvalue weighted by atomic mass is 35.5. The van der Waals surface area contributed by atoms with E-state index in [0.717, 1.165) is 5.56 Å². The number of hydrogen-bond acceptors (Lipinski definition) is 3. The quantitative estimate of drug-likeness (QED) is 0.894. The maximum absolute atomic E-state index is 12.1. The molecule has 7 heteroatoms. The number of para-hydroxylation sites is 1. The molecule has 1 unspecified atom stereocenters. The average molecular weight is 313 g/mol. The molecule has 1 heterocycles. The van der Waals surface area contributed by atoms with Crippen molar-refractivity contribution < 1.29 is 19.4 Å². The minimum Gasteiger partial charge on any atom is -0.492 e. The lowest BCUT2D eigenvalue weighted by Crippen LogP contribution is -2.41. The topological polar surface area (TPSA) is 78.9 Å². The first kappa shape index (κ1) is 15.4. The predicted octanol–water partition coefficient (Wildman–Crippen LogP) is 2.28. The van der Waals surface area contributed by atoms with Crippen molar-refractivity contribution in [3.63, 3.8) is 0 Å². The van der Waals surface area contributed by atoms with Gasteiger partial charge in [-0.25, -0.2) is 4.79 Å². The van der Waals surface area contributed by atoms with E-state index in [1.54, 1.807) is 13.1 Å². The summed E-state index contributed by atoms with van der Waals surface area (Å²) in [6, 6.07) is 4.91. The Morgan fingerprint density at radius 3 is 3.00 bits per heavy atom. The molecule has 2 N–H and O–H groups in total. The van der Waals surface area contributed by atoms with Crippen molar-refractivity contribution in [2.75, 3.05) is 20.2 Å². The lowest BCUT2D eigenvalue weighted by molar-refractivity contribution is -0.137. The van der Waals surface area contributed by atoms with Crippen LogP contribution in [-0.2, 0) is 4.79 Å². The maximum atomic E-state index is 12.1. The van der Waals surface area contributed by atoms with Gasteiger partial charge < -0.3 is 20.1 Å². The van der Waals surface area contributed by atoms with Crippen molar-refractivity contribution in [2.45, 2.75) is 18.9 Å². The standard InChI is InChI=1S/C14H17ClN2O4/c1-17(7-5-12(18)19)14(20)16-11-6-8-21-13-9(11)3-2-4-10(13)15/h2-4,11H,5-8H2,1H3,(H,16,20)(H,18,19). The van der Waals surface area contributed by atoms with Crippen LogP contribution >= 0.6 is 11.6 Å². The van der Waals surface area contributed by atoms with Crippen LogP contribution in [0.3, 0.4) is 0 Å². The van der Waals surface area contributed by atoms with Gasteiger partial charge in [0.15, 0.2) is 0 Å². The largest absolute Gasteiger partial charge is 0.492 e. The molecule has 0 bridgehead atoms. The van der Waals surface area contributed by atoms with Gasteiger partial charge in [-0.15, -0.1) is 0 Å². The summed E-state index contributed by atoms with van der Waals surface area (Å²) in [6.07, 6.45) is 0.561. The molecule has 0 spiro atoms. The number of ether oxygens (including phenoxy) is 1. The highest BCUT2D eigenvalue weighted by molar-refractivity contribution is 6.32. The smallest absolute Gasteiger partial charge is 0.317 e. The second-order valence-corrected chi connectivity index (χ2v) is 5.27. The Balaban J connectivity index is 2.03. The third-order valence-electron chi connectivity index (χ3n) is 3.33. The van der Waals surface area contributed by atoms with E-state index in [-0.39, 0.29) is 25.0 Å². The summed E-state index contributed by atoms with van der Waals surface area (Å²) in [5.41, 5.74) is 0.841. The summed E-state index contributed by atoms with van der Waals surface area (Å²) >= 11 is 6.08. The normalized spacial score (nSPS) is 16.6. The van der Waals surface area contributed by atoms with E-state index in [9.17, 15) is 9.59 Å². The van der Waals surface area contributed by atoms with Crippen LogP contribution in [0.4, 0.5) is 4.79 Å². The molecule has 2 amide bonds. The first-order chi connectivity index (χ1) is 9.99. The number of fused-ring (bicyclic) bond motifs is 1. The van der Waals surface area contributed by atoms with Crippen LogP contribution in [0.25, 0.3) is 0 Å². The lowest BCUT2D eigenvalue weighted by atomic mass is 10.0. The Hall–Kier alpha value is -1.95. The van der Waals surface area contributed by atoms with Gasteiger partial charge in [0.05, 0.1) is 24.1 Å². The van der Waals surface area contributed by atoms with Crippen LogP contribution < -0.4 is 10.1 Å². The highest BCUT2D eigenvalue weighted by Crippen LogP contribution is 2.37. The van der Waals surface area contributed by atoms with E-state index >= 15 is 0 Å². The molecule has 0 saturated heterocycles. The van der Waals surface area contributed by atoms with E-state index in [1.807, 2.05) is 12.1 Å². The number of aliphatic carboxylic acids is 1. The number of urea groups is 1. The van der Waals surface area contributed by atoms with Gasteiger partial charge in [-0.05, 0) is 6.07 Å². The second kappa shape index (κ2) is 6.67. The van der Waals surface area contributed by atoms with Gasteiger partial charge in [0.2, 0.25) is 0 Å². The number of benzene rings is 1. The molecule has 0 aliphatic carbocycles. The lowest BCUT2D eigenvalue weighted by Gasteiger charge is -2.29. The fourth-order valence-electron chi connectivity index (χ4n) is 2.16. The van der Waals surface area contributed by atoms with E-state index in [0.29, 0.717) is 23.8 Å². The number of nitrogens with zero attached hydrogens (tertiary/aromatic N) is 1. The van der Waals surface area contributed by atoms with Crippen molar-refractivity contribution in [1.82, 2.24) is 10.2 Å². The fourth-order valence-corrected chi connectivity index (χ4v) is 2.40. The van der Waals surface area contributed by atoms with Gasteiger partial charge in [-0.2, -0.15) is 0 Å². The summed E-state index contributed by atoms with van der Waals surface area (Å²) in [4.78, 5) is 23.9. The average Bonchev–Trinajstić information content (AvgIpc) is 2.45. The Morgan fingerprint density at radius 2 is 2.29 bits per heavy atom. The van der Waals surface area contributed by atoms with Gasteiger partial charge in [0, 0.05) is 25.6 Å². The van der Waals surface area contributed by atoms with Gasteiger partial charge in [0.25, 0.3) is 0 Å². The van der Waals surface area contributed by atoms with E-state index in [4.69, 9.17) is 21.4 Å². The number of carbonyl (C=O) groups is 2. The molecule has 1 atom stereocenters. The zero-order valence-electron chi connectivity index (χ0n) is 11.6. The van der Waals surface area contributed by atoms with Crippen molar-refractivity contribution in [1.29, 1.82) is 0 Å². The third-order valence-corrected chi connectivity index (χ3v) is 3.63. The Kier molecular flexibility index (Phi) is 4.90. The van der Waals surface area contributed by atoms with Crippen LogP contribution in [-0.4, -0.2) is 42.2 Å². The Labute approximate surface area is 127 Å². The van der Waals surface area contributed by atoms with Gasteiger partial charge in [-0.1, -0.05) is 23.7 Å². The number of carbonyl (C=O) groups excluding carboxylic acids is 1. The van der Waals surface area contributed by atoms with E-state index in [1.165, 1.54) is 4.90 Å². The predicted molar refractivity (Wildman–Crippen MR) is 77.7 cm³/mol. The molecule has 0 aromatic heterocycles. The van der Waals surface area contributed by atoms with Crippen molar-refractivity contribution >= 4 is 23.6 Å². The zero-order chi connectivity index (χ0) is 15.4. The molecule has 1 aromatic rings. The van der Waals surface area contributed by atoms with Crippen LogP contribution in [0.1, 0.15) is 24.4 Å². The van der Waals surface area contributed by atoms with Crippen LogP contribution in [0.2, 0.25) is 5.02 Å². The van der Waals surface area contributed by atoms with E-state index in [2.05, 4.69) is 5.32 Å². The number of halogens is 1. The monoisotopic (exact) mass is 312 g/mol. The molecule has 6 nitrogen and oxygen atoms in total. The first-order valence-electron chi connectivity index (χ1n) is 6.63. The van der Waals surface area contributed by atoms with Gasteiger partial charge in [0.1, 0.15) is 5.75 Å². The molecule has 2 rings (SSSR count). The highest BCUT2D eigenvalue weighted by Gasteiger charge is 2.25. The van der Waals surface area contributed by atoms with Crippen molar-refractivity contribution in [2.24, 2.45) is 0 Å². The fraction of sp³-hybridized carbons (Fsp3) is 0.429. The summed E-state index contributed by atoms with van der Waals surface area (Å²) in [6.45, 7) is 0.632. The van der Waals surface area contributed by atoms with Gasteiger partial charge >= 0.3 is 12.0 Å². The minimum absolute atomic E-state index is 0.0832. The number of rotatable bonds is 4. The second-order valence-electron chi connectivity index (χ2n) is 4.86. The number of carboxylic acids is 1. The van der Waals surface area contributed by atoms with Gasteiger partial charge in [-0.3, -0.25) is 4.79 Å². The summed E-state index contributed by atoms with van der Waals surface area (Å²) in [7, 11) is 1.57. The van der Waals surface area contributed by atoms with Crippen LogP contribution in [0, 0.1) is 0 Å². The molecule has 0 radical (unpaired) electrons. The SMILES string of the molecule is CN(CCC(=O)O)C(=O)NC1CCOc2c(Cl)cccc21. The third kappa shape index (κ3) is 3.78. The summed E-state index contributed by atoms with van der Waals surface area (Å²) in [5, 5.41) is 12.0. The number of amides is 2.